The fraction of sp³-hybridized carbons (Fsp3) is 0.396. The Morgan fingerprint density at radius 1 is 0.786 bits per heavy atom. The van der Waals surface area contributed by atoms with Gasteiger partial charge in [0.05, 0.1) is 36.7 Å². The molecule has 0 atom stereocenters. The quantitative estimate of drug-likeness (QED) is 0.0192. The third-order valence-electron chi connectivity index (χ3n) is 8.99. The third kappa shape index (κ3) is 17.7. The number of alkyl carbamates (subject to hydrolysis) is 2. The molecule has 7 N–H and O–H groups in total. The molecule has 4 aromatic rings. The highest BCUT2D eigenvalue weighted by Crippen LogP contribution is 2.40. The maximum atomic E-state index is 14.4. The standard InChI is InChI=1S/C48H61N7O12S3/c1-28-24-31(51-41(54-44(60)66-47(5,6)7)55-45(61)67-48(8,9)10)26-34(52-42(58)50-22-13-12-14-23-64-32-20-18-29(19-21-32)39(56)57)37(28)30-16-15-17-33(25-30)70(62,63)36-27-35(69-40(36)68-11)38(49)53-43(59)65-46(2,3)4/h15-21,24-27H,12-14,22-23H2,1-11H3,(H,56,57)(H2,49,53,59)(H2,50,52,58)(H2,51,54,55,60,61). The molecule has 0 fully saturated rings. The lowest BCUT2D eigenvalue weighted by atomic mass is 9.97. The highest BCUT2D eigenvalue weighted by atomic mass is 32.2. The Bertz CT molecular complexity index is 2720. The topological polar surface area (TPSA) is 273 Å². The SMILES string of the molecule is CSc1sc(C(=N)NC(=O)OC(C)(C)C)cc1S(=O)(=O)c1cccc(-c2c(C)cc(N/C(=N\C(=O)OC(C)(C)C)NC(=O)OC(C)(C)C)cc2NC(=O)NCCCCCOc2ccc(C(=O)O)cc2)c1. The number of carbonyl (C=O) groups excluding carboxylic acids is 4. The fourth-order valence-corrected chi connectivity index (χ4v) is 10.2. The van der Waals surface area contributed by atoms with Crippen molar-refractivity contribution >= 4 is 86.4 Å². The second-order valence-electron chi connectivity index (χ2n) is 18.5. The number of ether oxygens (including phenoxy) is 4. The number of hydrogen-bond acceptors (Lipinski definition) is 14. The lowest BCUT2D eigenvalue weighted by Crippen LogP contribution is -2.40. The van der Waals surface area contributed by atoms with Crippen molar-refractivity contribution in [3.05, 3.63) is 82.7 Å². The maximum absolute atomic E-state index is 14.4. The van der Waals surface area contributed by atoms with Crippen molar-refractivity contribution < 1.29 is 56.4 Å². The third-order valence-corrected chi connectivity index (χ3v) is 13.3. The molecule has 0 aliphatic carbocycles. The molecule has 70 heavy (non-hydrogen) atoms. The molecule has 0 aliphatic heterocycles. The van der Waals surface area contributed by atoms with Crippen LogP contribution in [0.15, 0.2) is 85.7 Å². The number of amidine groups is 1. The van der Waals surface area contributed by atoms with E-state index in [1.54, 1.807) is 106 Å². The minimum absolute atomic E-state index is 0.0721. The van der Waals surface area contributed by atoms with Crippen molar-refractivity contribution in [2.45, 2.75) is 119 Å². The average Bonchev–Trinajstić information content (AvgIpc) is 3.67. The number of aryl methyl sites for hydroxylation is 1. The number of carboxylic acids is 1. The van der Waals surface area contributed by atoms with E-state index >= 15 is 0 Å². The Morgan fingerprint density at radius 2 is 1.41 bits per heavy atom. The van der Waals surface area contributed by atoms with Crippen molar-refractivity contribution in [1.82, 2.24) is 16.0 Å². The minimum atomic E-state index is -4.25. The van der Waals surface area contributed by atoms with E-state index in [1.807, 2.05) is 0 Å². The highest BCUT2D eigenvalue weighted by Gasteiger charge is 2.28. The predicted octanol–water partition coefficient (Wildman–Crippen LogP) is 10.4. The Morgan fingerprint density at radius 3 is 2.01 bits per heavy atom. The molecule has 378 valence electrons. The lowest BCUT2D eigenvalue weighted by molar-refractivity contribution is 0.0548. The number of unbranched alkanes of at least 4 members (excludes halogenated alkanes) is 2. The van der Waals surface area contributed by atoms with E-state index < -0.39 is 56.9 Å². The molecule has 0 spiro atoms. The first kappa shape index (κ1) is 55.9. The zero-order valence-corrected chi connectivity index (χ0v) is 43.4. The highest BCUT2D eigenvalue weighted by molar-refractivity contribution is 8.01. The molecule has 0 saturated carbocycles. The number of guanidine groups is 1. The van der Waals surface area contributed by atoms with Gasteiger partial charge in [0.2, 0.25) is 15.8 Å². The molecule has 19 nitrogen and oxygen atoms in total. The number of thiophene rings is 1. The molecule has 3 aromatic carbocycles. The van der Waals surface area contributed by atoms with Crippen LogP contribution in [-0.2, 0) is 24.0 Å². The Hall–Kier alpha value is -6.65. The number of nitrogens with zero attached hydrogens (tertiary/aromatic N) is 1. The number of urea groups is 1. The van der Waals surface area contributed by atoms with Crippen LogP contribution >= 0.6 is 23.1 Å². The number of thioether (sulfide) groups is 1. The van der Waals surface area contributed by atoms with Gasteiger partial charge in [-0.1, -0.05) is 12.1 Å². The summed E-state index contributed by atoms with van der Waals surface area (Å²) in [5, 5.41) is 31.1. The first-order chi connectivity index (χ1) is 32.5. The molecule has 0 unspecified atom stereocenters. The summed E-state index contributed by atoms with van der Waals surface area (Å²) in [6.45, 7) is 17.3. The molecule has 0 bridgehead atoms. The molecular weight excluding hydrogens is 963 g/mol. The number of benzene rings is 3. The van der Waals surface area contributed by atoms with E-state index in [-0.39, 0.29) is 49.9 Å². The molecule has 1 heterocycles. The fourth-order valence-electron chi connectivity index (χ4n) is 6.22. The van der Waals surface area contributed by atoms with Gasteiger partial charge >= 0.3 is 30.3 Å². The van der Waals surface area contributed by atoms with E-state index in [1.165, 1.54) is 48.2 Å². The van der Waals surface area contributed by atoms with E-state index in [4.69, 9.17) is 29.5 Å². The summed E-state index contributed by atoms with van der Waals surface area (Å²) >= 11 is 2.19. The number of sulfone groups is 1. The molecule has 0 radical (unpaired) electrons. The van der Waals surface area contributed by atoms with Crippen LogP contribution in [0.3, 0.4) is 0 Å². The van der Waals surface area contributed by atoms with Gasteiger partial charge in [-0.2, -0.15) is 0 Å². The molecule has 0 aliphatic rings. The smallest absolute Gasteiger partial charge is 0.437 e. The monoisotopic (exact) mass is 1020 g/mol. The summed E-state index contributed by atoms with van der Waals surface area (Å²) in [5.41, 5.74) is -0.698. The van der Waals surface area contributed by atoms with Gasteiger partial charge in [-0.15, -0.1) is 28.1 Å². The van der Waals surface area contributed by atoms with Gasteiger partial charge in [0.15, 0.2) is 0 Å². The average molecular weight is 1020 g/mol. The van der Waals surface area contributed by atoms with Crippen LogP contribution in [0, 0.1) is 12.3 Å². The number of aromatic carboxylic acids is 1. The number of hydrogen-bond donors (Lipinski definition) is 7. The van der Waals surface area contributed by atoms with Crippen LogP contribution in [0.4, 0.5) is 30.6 Å². The zero-order valence-electron chi connectivity index (χ0n) is 41.0. The summed E-state index contributed by atoms with van der Waals surface area (Å²) in [6.07, 6.45) is 0.823. The maximum Gasteiger partial charge on any atom is 0.437 e. The van der Waals surface area contributed by atoms with Gasteiger partial charge in [0.1, 0.15) is 28.4 Å². The number of anilines is 2. The summed E-state index contributed by atoms with van der Waals surface area (Å²) in [6, 6.07) is 16.1. The summed E-state index contributed by atoms with van der Waals surface area (Å²) in [4.78, 5) is 67.0. The number of nitrogens with one attached hydrogen (secondary N) is 6. The van der Waals surface area contributed by atoms with Gasteiger partial charge in [-0.3, -0.25) is 16.0 Å². The Kier molecular flexibility index (Phi) is 19.0. The van der Waals surface area contributed by atoms with Gasteiger partial charge < -0.3 is 40.0 Å². The van der Waals surface area contributed by atoms with E-state index in [9.17, 15) is 32.4 Å². The van der Waals surface area contributed by atoms with Gasteiger partial charge in [-0.05, 0) is 160 Å². The first-order valence-corrected chi connectivity index (χ1v) is 25.4. The predicted molar refractivity (Wildman–Crippen MR) is 271 cm³/mol. The number of rotatable bonds is 15. The Labute approximate surface area is 416 Å². The lowest BCUT2D eigenvalue weighted by Gasteiger charge is -2.22. The molecule has 1 aromatic heterocycles. The second-order valence-corrected chi connectivity index (χ2v) is 22.6. The molecular formula is C48H61N7O12S3. The van der Waals surface area contributed by atoms with Crippen LogP contribution < -0.4 is 31.3 Å². The van der Waals surface area contributed by atoms with Crippen LogP contribution in [0.25, 0.3) is 11.1 Å². The second kappa shape index (κ2) is 23.8. The minimum Gasteiger partial charge on any atom is -0.494 e. The number of aliphatic imine (C=N–C) groups is 1. The Balaban J connectivity index is 1.67. The van der Waals surface area contributed by atoms with Crippen LogP contribution in [0.1, 0.15) is 102 Å². The van der Waals surface area contributed by atoms with Crippen LogP contribution in [-0.4, -0.2) is 91.8 Å². The zero-order chi connectivity index (χ0) is 52.2. The number of amides is 5. The van der Waals surface area contributed by atoms with Gasteiger partial charge in [0, 0.05) is 17.8 Å². The number of carbonyl (C=O) groups is 5. The molecule has 22 heteroatoms. The van der Waals surface area contributed by atoms with Crippen molar-refractivity contribution in [2.75, 3.05) is 30.0 Å². The van der Waals surface area contributed by atoms with Crippen molar-refractivity contribution in [1.29, 1.82) is 5.41 Å². The number of carboxylic acid groups (broad SMARTS) is 1. The van der Waals surface area contributed by atoms with Crippen molar-refractivity contribution in [2.24, 2.45) is 4.99 Å². The summed E-state index contributed by atoms with van der Waals surface area (Å²) < 4.78 is 51.0. The van der Waals surface area contributed by atoms with Gasteiger partial charge in [0.25, 0.3) is 0 Å². The first-order valence-electron chi connectivity index (χ1n) is 21.9. The van der Waals surface area contributed by atoms with Crippen molar-refractivity contribution in [3.63, 3.8) is 0 Å². The molecule has 5 amide bonds. The van der Waals surface area contributed by atoms with Crippen LogP contribution in [0.5, 0.6) is 5.75 Å². The largest absolute Gasteiger partial charge is 0.494 e. The van der Waals surface area contributed by atoms with Crippen LogP contribution in [0.2, 0.25) is 0 Å². The van der Waals surface area contributed by atoms with E-state index in [2.05, 4.69) is 31.6 Å². The normalized spacial score (nSPS) is 12.0. The van der Waals surface area contributed by atoms with E-state index in [0.29, 0.717) is 52.5 Å². The van der Waals surface area contributed by atoms with E-state index in [0.717, 1.165) is 11.3 Å². The summed E-state index contributed by atoms with van der Waals surface area (Å²) in [7, 11) is -4.25. The summed E-state index contributed by atoms with van der Waals surface area (Å²) in [5.74, 6) is -1.18. The molecule has 4 rings (SSSR count). The molecule has 0 saturated heterocycles. The van der Waals surface area contributed by atoms with Crippen molar-refractivity contribution in [3.8, 4) is 16.9 Å². The van der Waals surface area contributed by atoms with Gasteiger partial charge in [-0.25, -0.2) is 32.4 Å².